The molecule has 0 saturated heterocycles. The molecule has 21 heavy (non-hydrogen) atoms. The second kappa shape index (κ2) is 5.81. The molecule has 0 radical (unpaired) electrons. The molecule has 112 valence electrons. The van der Waals surface area contributed by atoms with E-state index in [1.807, 2.05) is 20.8 Å². The van der Waals surface area contributed by atoms with Gasteiger partial charge in [0.1, 0.15) is 16.4 Å². The molecule has 0 bridgehead atoms. The lowest BCUT2D eigenvalue weighted by Gasteiger charge is -2.13. The van der Waals surface area contributed by atoms with Crippen LogP contribution in [0.5, 0.6) is 5.75 Å². The summed E-state index contributed by atoms with van der Waals surface area (Å²) in [6, 6.07) is 3.96. The van der Waals surface area contributed by atoms with Crippen LogP contribution in [0.25, 0.3) is 0 Å². The molecule has 4 nitrogen and oxygen atoms in total. The van der Waals surface area contributed by atoms with Gasteiger partial charge in [0.05, 0.1) is 24.0 Å². The summed E-state index contributed by atoms with van der Waals surface area (Å²) in [6.07, 6.45) is 1.55. The van der Waals surface area contributed by atoms with E-state index in [1.165, 1.54) is 36.6 Å². The molecule has 1 heterocycles. The minimum Gasteiger partial charge on any atom is -0.494 e. The van der Waals surface area contributed by atoms with Crippen LogP contribution < -0.4 is 10.1 Å². The average molecular weight is 308 g/mol. The third-order valence-electron chi connectivity index (χ3n) is 2.78. The summed E-state index contributed by atoms with van der Waals surface area (Å²) in [5.74, 6) is -0.422. The van der Waals surface area contributed by atoms with Crippen molar-refractivity contribution in [3.05, 3.63) is 40.1 Å². The minimum absolute atomic E-state index is 0.100. The number of anilines is 1. The number of benzene rings is 1. The molecule has 0 fully saturated rings. The van der Waals surface area contributed by atoms with E-state index in [9.17, 15) is 9.18 Å². The highest BCUT2D eigenvalue weighted by atomic mass is 32.1. The molecule has 0 aliphatic carbocycles. The third-order valence-corrected chi connectivity index (χ3v) is 4.20. The molecule has 1 N–H and O–H groups in total. The Labute approximate surface area is 127 Å². The molecule has 6 heteroatoms. The summed E-state index contributed by atoms with van der Waals surface area (Å²) in [5.41, 5.74) is 0.325. The molecule has 1 aromatic carbocycles. The second-order valence-corrected chi connectivity index (χ2v) is 6.61. The summed E-state index contributed by atoms with van der Waals surface area (Å²) in [5, 5.41) is 3.60. The van der Waals surface area contributed by atoms with Gasteiger partial charge in [0.25, 0.3) is 5.91 Å². The molecule has 0 aliphatic rings. The van der Waals surface area contributed by atoms with Crippen molar-refractivity contribution in [2.45, 2.75) is 26.2 Å². The fourth-order valence-corrected chi connectivity index (χ4v) is 2.55. The van der Waals surface area contributed by atoms with Crippen molar-refractivity contribution in [3.63, 3.8) is 0 Å². The van der Waals surface area contributed by atoms with Crippen LogP contribution >= 0.6 is 11.3 Å². The van der Waals surface area contributed by atoms with Gasteiger partial charge in [-0.1, -0.05) is 20.8 Å². The van der Waals surface area contributed by atoms with E-state index in [4.69, 9.17) is 4.74 Å². The monoisotopic (exact) mass is 308 g/mol. The Balaban J connectivity index is 2.20. The number of carbonyl (C=O) groups is 1. The van der Waals surface area contributed by atoms with Gasteiger partial charge >= 0.3 is 0 Å². The smallest absolute Gasteiger partial charge is 0.267 e. The van der Waals surface area contributed by atoms with Crippen LogP contribution in [0.3, 0.4) is 0 Å². The molecule has 0 spiro atoms. The lowest BCUT2D eigenvalue weighted by Crippen LogP contribution is -2.11. The van der Waals surface area contributed by atoms with E-state index < -0.39 is 5.82 Å². The number of nitrogens with zero attached hydrogens (tertiary/aromatic N) is 1. The highest BCUT2D eigenvalue weighted by Gasteiger charge is 2.20. The zero-order valence-corrected chi connectivity index (χ0v) is 13.2. The molecule has 0 atom stereocenters. The van der Waals surface area contributed by atoms with Crippen LogP contribution in [0.1, 0.15) is 35.5 Å². The molecule has 1 amide bonds. The third kappa shape index (κ3) is 3.58. The topological polar surface area (TPSA) is 51.2 Å². The van der Waals surface area contributed by atoms with Crippen LogP contribution in [0.4, 0.5) is 10.1 Å². The Morgan fingerprint density at radius 3 is 2.67 bits per heavy atom. The number of hydrogen-bond donors (Lipinski definition) is 1. The summed E-state index contributed by atoms with van der Waals surface area (Å²) in [6.45, 7) is 6.11. The molecular weight excluding hydrogens is 291 g/mol. The van der Waals surface area contributed by atoms with E-state index in [0.29, 0.717) is 10.6 Å². The Morgan fingerprint density at radius 2 is 2.10 bits per heavy atom. The van der Waals surface area contributed by atoms with Crippen molar-refractivity contribution in [2.75, 3.05) is 12.4 Å². The van der Waals surface area contributed by atoms with Gasteiger partial charge in [-0.3, -0.25) is 4.79 Å². The second-order valence-electron chi connectivity index (χ2n) is 5.58. The summed E-state index contributed by atoms with van der Waals surface area (Å²) >= 11 is 1.35. The SMILES string of the molecule is COc1cc(F)ccc1NC(=O)c1cnc(C(C)(C)C)s1. The molecular formula is C15H17FN2O2S. The molecule has 2 aromatic rings. The quantitative estimate of drug-likeness (QED) is 0.937. The number of nitrogens with one attached hydrogen (secondary N) is 1. The lowest BCUT2D eigenvalue weighted by molar-refractivity contribution is 0.103. The Hall–Kier alpha value is -1.95. The maximum atomic E-state index is 13.1. The lowest BCUT2D eigenvalue weighted by atomic mass is 9.98. The molecule has 2 rings (SSSR count). The Morgan fingerprint density at radius 1 is 1.38 bits per heavy atom. The van der Waals surface area contributed by atoms with Gasteiger partial charge in [-0.15, -0.1) is 11.3 Å². The highest BCUT2D eigenvalue weighted by molar-refractivity contribution is 7.13. The minimum atomic E-state index is -0.419. The predicted octanol–water partition coefficient (Wildman–Crippen LogP) is 3.84. The van der Waals surface area contributed by atoms with Crippen molar-refractivity contribution >= 4 is 22.9 Å². The first-order valence-corrected chi connectivity index (χ1v) is 7.24. The zero-order valence-electron chi connectivity index (χ0n) is 12.4. The Kier molecular flexibility index (Phi) is 4.27. The number of carbonyl (C=O) groups excluding carboxylic acids is 1. The molecule has 0 saturated carbocycles. The number of halogens is 1. The number of amides is 1. The maximum absolute atomic E-state index is 13.1. The van der Waals surface area contributed by atoms with Gasteiger partial charge in [-0.25, -0.2) is 9.37 Å². The fraction of sp³-hybridized carbons (Fsp3) is 0.333. The number of ether oxygens (including phenoxy) is 1. The van der Waals surface area contributed by atoms with E-state index in [0.717, 1.165) is 5.01 Å². The first-order chi connectivity index (χ1) is 9.81. The van der Waals surface area contributed by atoms with Crippen molar-refractivity contribution in [1.29, 1.82) is 0 Å². The summed E-state index contributed by atoms with van der Waals surface area (Å²) in [4.78, 5) is 17.0. The molecule has 0 unspecified atom stereocenters. The van der Waals surface area contributed by atoms with Gasteiger partial charge < -0.3 is 10.1 Å². The van der Waals surface area contributed by atoms with Crippen LogP contribution in [0, 0.1) is 5.82 Å². The van der Waals surface area contributed by atoms with Crippen molar-refractivity contribution < 1.29 is 13.9 Å². The van der Waals surface area contributed by atoms with E-state index in [2.05, 4.69) is 10.3 Å². The first-order valence-electron chi connectivity index (χ1n) is 6.42. The van der Waals surface area contributed by atoms with Gasteiger partial charge in [0, 0.05) is 11.5 Å². The molecule has 0 aliphatic heterocycles. The van der Waals surface area contributed by atoms with E-state index in [1.54, 1.807) is 6.20 Å². The van der Waals surface area contributed by atoms with Gasteiger partial charge in [0.15, 0.2) is 0 Å². The van der Waals surface area contributed by atoms with Crippen LogP contribution in [0.15, 0.2) is 24.4 Å². The Bertz CT molecular complexity index is 662. The zero-order chi connectivity index (χ0) is 15.6. The van der Waals surface area contributed by atoms with Gasteiger partial charge in [0.2, 0.25) is 0 Å². The van der Waals surface area contributed by atoms with Crippen molar-refractivity contribution in [1.82, 2.24) is 4.98 Å². The first kappa shape index (κ1) is 15.4. The van der Waals surface area contributed by atoms with Crippen molar-refractivity contribution in [3.8, 4) is 5.75 Å². The van der Waals surface area contributed by atoms with E-state index >= 15 is 0 Å². The number of methoxy groups -OCH3 is 1. The van der Waals surface area contributed by atoms with Crippen LogP contribution in [-0.2, 0) is 5.41 Å². The van der Waals surface area contributed by atoms with E-state index in [-0.39, 0.29) is 17.1 Å². The molecule has 1 aromatic heterocycles. The number of aromatic nitrogens is 1. The van der Waals surface area contributed by atoms with Gasteiger partial charge in [-0.2, -0.15) is 0 Å². The standard InChI is InChI=1S/C15H17FN2O2S/c1-15(2,3)14-17-8-12(21-14)13(19)18-10-6-5-9(16)7-11(10)20-4/h5-8H,1-4H3,(H,18,19). The predicted molar refractivity (Wildman–Crippen MR) is 81.7 cm³/mol. The van der Waals surface area contributed by atoms with Gasteiger partial charge in [-0.05, 0) is 12.1 Å². The normalized spacial score (nSPS) is 11.3. The summed E-state index contributed by atoms with van der Waals surface area (Å²) in [7, 11) is 1.43. The number of hydrogen-bond acceptors (Lipinski definition) is 4. The summed E-state index contributed by atoms with van der Waals surface area (Å²) < 4.78 is 18.2. The van der Waals surface area contributed by atoms with Crippen LogP contribution in [0.2, 0.25) is 0 Å². The fourth-order valence-electron chi connectivity index (χ4n) is 1.68. The van der Waals surface area contributed by atoms with Crippen molar-refractivity contribution in [2.24, 2.45) is 0 Å². The van der Waals surface area contributed by atoms with Crippen LogP contribution in [-0.4, -0.2) is 18.0 Å². The number of rotatable bonds is 3. The highest BCUT2D eigenvalue weighted by Crippen LogP contribution is 2.29. The largest absolute Gasteiger partial charge is 0.494 e. The average Bonchev–Trinajstić information content (AvgIpc) is 2.90. The number of thiazole rings is 1. The maximum Gasteiger partial charge on any atom is 0.267 e.